The number of nitrogens with zero attached hydrogens (tertiary/aromatic N) is 3. The van der Waals surface area contributed by atoms with Crippen molar-refractivity contribution in [2.75, 3.05) is 5.75 Å². The molecule has 0 saturated heterocycles. The van der Waals surface area contributed by atoms with Crippen LogP contribution in [0.1, 0.15) is 11.1 Å². The Morgan fingerprint density at radius 1 is 1.00 bits per heavy atom. The van der Waals surface area contributed by atoms with Crippen molar-refractivity contribution >= 4 is 52.6 Å². The molecule has 0 aliphatic carbocycles. The molecular weight excluding hydrogens is 440 g/mol. The van der Waals surface area contributed by atoms with E-state index in [4.69, 9.17) is 16.6 Å². The van der Waals surface area contributed by atoms with E-state index in [-0.39, 0.29) is 11.7 Å². The van der Waals surface area contributed by atoms with Crippen LogP contribution >= 0.6 is 23.4 Å². The Morgan fingerprint density at radius 2 is 1.69 bits per heavy atom. The Morgan fingerprint density at radius 3 is 2.47 bits per heavy atom. The number of allylic oxidation sites excluding steroid dienone is 1. The fourth-order valence-corrected chi connectivity index (χ4v) is 4.14. The number of thioether (sulfide) groups is 1. The van der Waals surface area contributed by atoms with E-state index in [1.807, 2.05) is 72.8 Å². The minimum Gasteiger partial charge on any atom is -0.314 e. The zero-order valence-corrected chi connectivity index (χ0v) is 18.8. The summed E-state index contributed by atoms with van der Waals surface area (Å²) in [6.07, 6.45) is 3.19. The summed E-state index contributed by atoms with van der Waals surface area (Å²) < 4.78 is 2.13. The van der Waals surface area contributed by atoms with Crippen molar-refractivity contribution in [2.45, 2.75) is 11.7 Å². The first-order valence-electron chi connectivity index (χ1n) is 10.1. The van der Waals surface area contributed by atoms with Crippen LogP contribution in [0.4, 0.5) is 0 Å². The average molecular weight is 461 g/mol. The summed E-state index contributed by atoms with van der Waals surface area (Å²) in [7, 11) is 0. The van der Waals surface area contributed by atoms with Crippen LogP contribution in [0.25, 0.3) is 17.1 Å². The fraction of sp³-hybridized carbons (Fsp3) is 0.0800. The van der Waals surface area contributed by atoms with Gasteiger partial charge in [0.2, 0.25) is 0 Å². The number of rotatable bonds is 8. The van der Waals surface area contributed by atoms with Gasteiger partial charge in [0.25, 0.3) is 5.91 Å². The van der Waals surface area contributed by atoms with Crippen molar-refractivity contribution in [3.8, 4) is 0 Å². The summed E-state index contributed by atoms with van der Waals surface area (Å²) in [4.78, 5) is 17.0. The smallest absolute Gasteiger partial charge is 0.250 e. The summed E-state index contributed by atoms with van der Waals surface area (Å²) in [5.74, 6) is -0.0381. The summed E-state index contributed by atoms with van der Waals surface area (Å²) in [6.45, 7) is 0.684. The molecule has 0 saturated carbocycles. The second kappa shape index (κ2) is 10.8. The number of carbonyl (C=O) groups is 1. The van der Waals surface area contributed by atoms with Gasteiger partial charge in [0.1, 0.15) is 0 Å². The molecule has 3 aromatic carbocycles. The van der Waals surface area contributed by atoms with Crippen LogP contribution < -0.4 is 5.43 Å². The van der Waals surface area contributed by atoms with E-state index in [2.05, 4.69) is 27.2 Å². The zero-order chi connectivity index (χ0) is 22.2. The van der Waals surface area contributed by atoms with E-state index in [0.717, 1.165) is 21.8 Å². The van der Waals surface area contributed by atoms with Crippen LogP contribution in [0.3, 0.4) is 0 Å². The molecule has 0 radical (unpaired) electrons. The topological polar surface area (TPSA) is 59.3 Å². The van der Waals surface area contributed by atoms with Gasteiger partial charge in [0.05, 0.1) is 34.6 Å². The number of hydrogen-bond acceptors (Lipinski definition) is 4. The number of carbonyl (C=O) groups excluding carboxylic acids is 1. The fourth-order valence-electron chi connectivity index (χ4n) is 3.16. The van der Waals surface area contributed by atoms with Gasteiger partial charge < -0.3 is 4.57 Å². The average Bonchev–Trinajstić information content (AvgIpc) is 3.16. The van der Waals surface area contributed by atoms with E-state index >= 15 is 0 Å². The molecule has 1 amide bonds. The van der Waals surface area contributed by atoms with Gasteiger partial charge in [0, 0.05) is 0 Å². The summed E-state index contributed by atoms with van der Waals surface area (Å²) >= 11 is 7.54. The quantitative estimate of drug-likeness (QED) is 0.213. The van der Waals surface area contributed by atoms with E-state index in [1.54, 1.807) is 6.08 Å². The molecular formula is C25H21ClN4OS. The first-order valence-corrected chi connectivity index (χ1v) is 11.4. The van der Waals surface area contributed by atoms with Gasteiger partial charge >= 0.3 is 0 Å². The van der Waals surface area contributed by atoms with Crippen molar-refractivity contribution in [1.29, 1.82) is 0 Å². The Kier molecular flexibility index (Phi) is 7.38. The monoisotopic (exact) mass is 460 g/mol. The van der Waals surface area contributed by atoms with Gasteiger partial charge in [-0.2, -0.15) is 5.10 Å². The van der Waals surface area contributed by atoms with Crippen LogP contribution in [0.15, 0.2) is 100 Å². The molecule has 0 atom stereocenters. The number of amides is 1. The predicted molar refractivity (Wildman–Crippen MR) is 133 cm³/mol. The lowest BCUT2D eigenvalue weighted by molar-refractivity contribution is -0.118. The SMILES string of the molecule is O=C(CSc1nc2ccccc2n1Cc1ccccc1)N/N=C/C(Cl)=C\c1ccccc1. The van der Waals surface area contributed by atoms with Crippen LogP contribution in [0, 0.1) is 0 Å². The van der Waals surface area contributed by atoms with Crippen LogP contribution in [0.5, 0.6) is 0 Å². The lowest BCUT2D eigenvalue weighted by atomic mass is 10.2. The molecule has 0 unspecified atom stereocenters. The number of hydrazone groups is 1. The standard InChI is InChI=1S/C25H21ClN4OS/c26-21(15-19-9-3-1-4-10-19)16-27-29-24(31)18-32-25-28-22-13-7-8-14-23(22)30(25)17-20-11-5-2-6-12-20/h1-16H,17-18H2,(H,29,31)/b21-15+,27-16+. The van der Waals surface area contributed by atoms with E-state index in [0.29, 0.717) is 11.6 Å². The Balaban J connectivity index is 1.40. The van der Waals surface area contributed by atoms with Gasteiger partial charge in [0.15, 0.2) is 5.16 Å². The number of nitrogens with one attached hydrogen (secondary N) is 1. The van der Waals surface area contributed by atoms with Crippen LogP contribution in [-0.2, 0) is 11.3 Å². The maximum Gasteiger partial charge on any atom is 0.250 e. The third-order valence-electron chi connectivity index (χ3n) is 4.62. The third kappa shape index (κ3) is 5.87. The van der Waals surface area contributed by atoms with Crippen molar-refractivity contribution in [1.82, 2.24) is 15.0 Å². The van der Waals surface area contributed by atoms with E-state index in [9.17, 15) is 4.79 Å². The number of benzene rings is 3. The van der Waals surface area contributed by atoms with Crippen molar-refractivity contribution < 1.29 is 4.79 Å². The van der Waals surface area contributed by atoms with Gasteiger partial charge in [-0.05, 0) is 29.3 Å². The Hall–Kier alpha value is -3.35. The molecule has 0 aliphatic heterocycles. The molecule has 7 heteroatoms. The highest BCUT2D eigenvalue weighted by molar-refractivity contribution is 7.99. The molecule has 1 N–H and O–H groups in total. The number of halogens is 1. The molecule has 0 aliphatic rings. The first kappa shape index (κ1) is 21.9. The molecule has 5 nitrogen and oxygen atoms in total. The van der Waals surface area contributed by atoms with Gasteiger partial charge in [-0.15, -0.1) is 0 Å². The van der Waals surface area contributed by atoms with E-state index < -0.39 is 0 Å². The molecule has 0 spiro atoms. The van der Waals surface area contributed by atoms with Crippen molar-refractivity contribution in [3.05, 3.63) is 101 Å². The normalized spacial score (nSPS) is 11.8. The minimum atomic E-state index is -0.228. The number of fused-ring (bicyclic) bond motifs is 1. The lowest BCUT2D eigenvalue weighted by Crippen LogP contribution is -2.20. The predicted octanol–water partition coefficient (Wildman–Crippen LogP) is 5.56. The van der Waals surface area contributed by atoms with Gasteiger partial charge in [-0.25, -0.2) is 10.4 Å². The summed E-state index contributed by atoms with van der Waals surface area (Å²) in [6, 6.07) is 27.8. The van der Waals surface area contributed by atoms with E-state index in [1.165, 1.54) is 23.5 Å². The second-order valence-corrected chi connectivity index (χ2v) is 8.36. The maximum absolute atomic E-state index is 12.3. The zero-order valence-electron chi connectivity index (χ0n) is 17.2. The Labute approximate surface area is 195 Å². The van der Waals surface area contributed by atoms with Crippen LogP contribution in [0.2, 0.25) is 0 Å². The lowest BCUT2D eigenvalue weighted by Gasteiger charge is -2.09. The number of imidazole rings is 1. The molecule has 32 heavy (non-hydrogen) atoms. The van der Waals surface area contributed by atoms with Crippen molar-refractivity contribution in [2.24, 2.45) is 5.10 Å². The third-order valence-corrected chi connectivity index (χ3v) is 5.80. The number of hydrogen-bond donors (Lipinski definition) is 1. The molecule has 4 rings (SSSR count). The molecule has 0 fully saturated rings. The number of aromatic nitrogens is 2. The highest BCUT2D eigenvalue weighted by Crippen LogP contribution is 2.25. The molecule has 1 aromatic heterocycles. The Bertz CT molecular complexity index is 1250. The number of para-hydroxylation sites is 2. The molecule has 4 aromatic rings. The largest absolute Gasteiger partial charge is 0.314 e. The first-order chi connectivity index (χ1) is 15.7. The van der Waals surface area contributed by atoms with Crippen molar-refractivity contribution in [3.63, 3.8) is 0 Å². The summed E-state index contributed by atoms with van der Waals surface area (Å²) in [5, 5.41) is 5.16. The summed E-state index contributed by atoms with van der Waals surface area (Å²) in [5.41, 5.74) is 6.60. The van der Waals surface area contributed by atoms with Crippen LogP contribution in [-0.4, -0.2) is 27.4 Å². The van der Waals surface area contributed by atoms with Gasteiger partial charge in [-0.3, -0.25) is 4.79 Å². The van der Waals surface area contributed by atoms with Gasteiger partial charge in [-0.1, -0.05) is 96.2 Å². The highest BCUT2D eigenvalue weighted by atomic mass is 35.5. The molecule has 1 heterocycles. The molecule has 0 bridgehead atoms. The highest BCUT2D eigenvalue weighted by Gasteiger charge is 2.13. The maximum atomic E-state index is 12.3. The second-order valence-electron chi connectivity index (χ2n) is 6.98. The molecule has 160 valence electrons. The minimum absolute atomic E-state index is 0.190.